The van der Waals surface area contributed by atoms with Crippen molar-refractivity contribution in [1.82, 2.24) is 9.97 Å². The molecule has 5 N–H and O–H groups in total. The monoisotopic (exact) mass is 226 g/mol. The van der Waals surface area contributed by atoms with Crippen LogP contribution in [0.1, 0.15) is 12.8 Å². The number of nitrogens with two attached hydrogens (primary N) is 1. The maximum atomic E-state index is 11.4. The fraction of sp³-hybridized carbons (Fsp3) is 0.375. The number of aromatic nitrogens is 2. The number of rotatable bonds is 2. The number of aromatic amines is 2. The zero-order valence-electron chi connectivity index (χ0n) is 7.79. The number of amides is 1. The summed E-state index contributed by atoms with van der Waals surface area (Å²) in [6.07, 6.45) is 1.74. The first-order chi connectivity index (χ1) is 7.08. The van der Waals surface area contributed by atoms with Gasteiger partial charge in [0.1, 0.15) is 11.5 Å². The number of anilines is 2. The first-order valence-electron chi connectivity index (χ1n) is 4.51. The van der Waals surface area contributed by atoms with E-state index in [2.05, 4.69) is 15.3 Å². The average Bonchev–Trinajstić information content (AvgIpc) is 2.93. The van der Waals surface area contributed by atoms with Crippen LogP contribution < -0.4 is 16.6 Å². The van der Waals surface area contributed by atoms with Gasteiger partial charge in [-0.1, -0.05) is 0 Å². The van der Waals surface area contributed by atoms with Gasteiger partial charge in [-0.05, 0) is 25.1 Å². The molecule has 0 aliphatic heterocycles. The van der Waals surface area contributed by atoms with Crippen molar-refractivity contribution in [3.05, 3.63) is 15.1 Å². The van der Waals surface area contributed by atoms with Gasteiger partial charge in [-0.2, -0.15) is 0 Å². The molecular weight excluding hydrogens is 216 g/mol. The van der Waals surface area contributed by atoms with Gasteiger partial charge in [-0.3, -0.25) is 14.6 Å². The van der Waals surface area contributed by atoms with E-state index in [1.165, 1.54) is 0 Å². The maximum absolute atomic E-state index is 11.4. The molecule has 0 radical (unpaired) electrons. The molecular formula is C8H10N4O2S. The summed E-state index contributed by atoms with van der Waals surface area (Å²) >= 11 is 4.72. The molecule has 1 heterocycles. The smallest absolute Gasteiger partial charge is 0.277 e. The molecule has 6 nitrogen and oxygen atoms in total. The van der Waals surface area contributed by atoms with Crippen molar-refractivity contribution in [2.75, 3.05) is 11.1 Å². The lowest BCUT2D eigenvalue weighted by atomic mass is 10.3. The highest BCUT2D eigenvalue weighted by Gasteiger charge is 2.30. The number of hydrogen-bond acceptors (Lipinski definition) is 4. The highest BCUT2D eigenvalue weighted by atomic mass is 32.1. The Hall–Kier alpha value is -1.63. The Morgan fingerprint density at radius 2 is 2.13 bits per heavy atom. The van der Waals surface area contributed by atoms with Crippen LogP contribution in [0.4, 0.5) is 11.5 Å². The van der Waals surface area contributed by atoms with E-state index in [1.54, 1.807) is 0 Å². The van der Waals surface area contributed by atoms with Crippen molar-refractivity contribution in [1.29, 1.82) is 0 Å². The van der Waals surface area contributed by atoms with Crippen LogP contribution >= 0.6 is 12.2 Å². The van der Waals surface area contributed by atoms with Crippen LogP contribution in [0, 0.1) is 10.7 Å². The lowest BCUT2D eigenvalue weighted by Gasteiger charge is -2.05. The Labute approximate surface area is 89.9 Å². The van der Waals surface area contributed by atoms with Crippen molar-refractivity contribution in [2.24, 2.45) is 5.92 Å². The van der Waals surface area contributed by atoms with Crippen LogP contribution in [0.25, 0.3) is 0 Å². The SMILES string of the molecule is Nc1[nH]c(=S)[nH]c(=O)c1NC(=O)C1CC1. The summed E-state index contributed by atoms with van der Waals surface area (Å²) < 4.78 is 0.141. The summed E-state index contributed by atoms with van der Waals surface area (Å²) in [7, 11) is 0. The molecule has 0 bridgehead atoms. The van der Waals surface area contributed by atoms with Crippen molar-refractivity contribution in [3.63, 3.8) is 0 Å². The van der Waals surface area contributed by atoms with E-state index in [0.717, 1.165) is 12.8 Å². The molecule has 0 spiro atoms. The van der Waals surface area contributed by atoms with Crippen molar-refractivity contribution < 1.29 is 4.79 Å². The minimum Gasteiger partial charge on any atom is -0.383 e. The van der Waals surface area contributed by atoms with Gasteiger partial charge >= 0.3 is 0 Å². The van der Waals surface area contributed by atoms with Gasteiger partial charge in [0.05, 0.1) is 0 Å². The molecule has 0 aromatic carbocycles. The molecule has 1 aromatic heterocycles. The van der Waals surface area contributed by atoms with Gasteiger partial charge in [-0.15, -0.1) is 0 Å². The third-order valence-electron chi connectivity index (χ3n) is 2.17. The van der Waals surface area contributed by atoms with E-state index < -0.39 is 5.56 Å². The number of nitrogen functional groups attached to an aromatic ring is 1. The molecule has 1 aliphatic carbocycles. The van der Waals surface area contributed by atoms with Crippen LogP contribution in [0.3, 0.4) is 0 Å². The molecule has 80 valence electrons. The lowest BCUT2D eigenvalue weighted by Crippen LogP contribution is -2.23. The van der Waals surface area contributed by atoms with E-state index in [1.807, 2.05) is 0 Å². The molecule has 15 heavy (non-hydrogen) atoms. The summed E-state index contributed by atoms with van der Waals surface area (Å²) in [6, 6.07) is 0. The summed E-state index contributed by atoms with van der Waals surface area (Å²) in [5.74, 6) is -0.0672. The van der Waals surface area contributed by atoms with E-state index in [-0.39, 0.29) is 28.1 Å². The standard InChI is InChI=1S/C8H10N4O2S/c9-5-4(7(14)12-8(15)11-5)10-6(13)3-1-2-3/h3H,1-2H2,(H,10,13)(H4,9,11,12,14,15). The molecule has 1 fully saturated rings. The van der Waals surface area contributed by atoms with Crippen molar-refractivity contribution in [3.8, 4) is 0 Å². The van der Waals surface area contributed by atoms with Gasteiger partial charge in [0.25, 0.3) is 5.56 Å². The second kappa shape index (κ2) is 3.50. The molecule has 1 amide bonds. The van der Waals surface area contributed by atoms with Gasteiger partial charge in [0.15, 0.2) is 4.77 Å². The number of nitrogens with one attached hydrogen (secondary N) is 3. The molecule has 0 unspecified atom stereocenters. The third kappa shape index (κ3) is 2.07. The van der Waals surface area contributed by atoms with E-state index in [0.29, 0.717) is 0 Å². The fourth-order valence-corrected chi connectivity index (χ4v) is 1.40. The van der Waals surface area contributed by atoms with Crippen LogP contribution in [-0.4, -0.2) is 15.9 Å². The summed E-state index contributed by atoms with van der Waals surface area (Å²) in [4.78, 5) is 27.7. The zero-order valence-corrected chi connectivity index (χ0v) is 8.61. The van der Waals surface area contributed by atoms with Gasteiger partial charge < -0.3 is 16.0 Å². The highest BCUT2D eigenvalue weighted by molar-refractivity contribution is 7.71. The summed E-state index contributed by atoms with van der Waals surface area (Å²) in [5.41, 5.74) is 5.10. The molecule has 0 saturated heterocycles. The first kappa shape index (κ1) is 9.91. The van der Waals surface area contributed by atoms with Crippen LogP contribution in [0.15, 0.2) is 4.79 Å². The quantitative estimate of drug-likeness (QED) is 0.547. The maximum Gasteiger partial charge on any atom is 0.277 e. The Balaban J connectivity index is 2.31. The highest BCUT2D eigenvalue weighted by Crippen LogP contribution is 2.30. The molecule has 0 atom stereocenters. The Morgan fingerprint density at radius 1 is 1.47 bits per heavy atom. The zero-order chi connectivity index (χ0) is 11.0. The van der Waals surface area contributed by atoms with Crippen LogP contribution in [0.5, 0.6) is 0 Å². The Kier molecular flexibility index (Phi) is 2.31. The van der Waals surface area contributed by atoms with E-state index in [9.17, 15) is 9.59 Å². The van der Waals surface area contributed by atoms with Crippen LogP contribution in [0.2, 0.25) is 0 Å². The topological polar surface area (TPSA) is 104 Å². The van der Waals surface area contributed by atoms with Crippen LogP contribution in [-0.2, 0) is 4.79 Å². The number of carbonyl (C=O) groups excluding carboxylic acids is 1. The predicted molar refractivity (Wildman–Crippen MR) is 58.0 cm³/mol. The number of hydrogen-bond donors (Lipinski definition) is 4. The minimum atomic E-state index is -0.481. The van der Waals surface area contributed by atoms with Crippen molar-refractivity contribution in [2.45, 2.75) is 12.8 Å². The largest absolute Gasteiger partial charge is 0.383 e. The molecule has 1 aliphatic rings. The minimum absolute atomic E-state index is 0.0204. The molecule has 1 aromatic rings. The second-order valence-electron chi connectivity index (χ2n) is 3.46. The van der Waals surface area contributed by atoms with Gasteiger partial charge in [0.2, 0.25) is 5.91 Å². The number of carbonyl (C=O) groups is 1. The first-order valence-corrected chi connectivity index (χ1v) is 4.91. The lowest BCUT2D eigenvalue weighted by molar-refractivity contribution is -0.117. The Morgan fingerprint density at radius 3 is 2.67 bits per heavy atom. The number of H-pyrrole nitrogens is 2. The predicted octanol–water partition coefficient (Wildman–Crippen LogP) is 0.363. The Bertz CT molecular complexity index is 514. The summed E-state index contributed by atoms with van der Waals surface area (Å²) in [6.45, 7) is 0. The van der Waals surface area contributed by atoms with Crippen molar-refractivity contribution >= 4 is 29.6 Å². The van der Waals surface area contributed by atoms with E-state index in [4.69, 9.17) is 18.0 Å². The molecule has 1 saturated carbocycles. The van der Waals surface area contributed by atoms with E-state index >= 15 is 0 Å². The molecule has 2 rings (SSSR count). The third-order valence-corrected chi connectivity index (χ3v) is 2.37. The normalized spacial score (nSPS) is 14.9. The average molecular weight is 226 g/mol. The van der Waals surface area contributed by atoms with Gasteiger partial charge in [-0.25, -0.2) is 0 Å². The second-order valence-corrected chi connectivity index (χ2v) is 3.87. The molecule has 7 heteroatoms. The van der Waals surface area contributed by atoms with Gasteiger partial charge in [0, 0.05) is 5.92 Å². The fourth-order valence-electron chi connectivity index (χ4n) is 1.20. The summed E-state index contributed by atoms with van der Waals surface area (Å²) in [5, 5.41) is 2.48.